The Hall–Kier alpha value is -1.65. The molecule has 130 valence electrons. The lowest BCUT2D eigenvalue weighted by molar-refractivity contribution is -0.858. The van der Waals surface area contributed by atoms with Crippen LogP contribution < -0.4 is 4.90 Å². The number of nitrogens with zero attached hydrogens (tertiary/aromatic N) is 1. The van der Waals surface area contributed by atoms with Crippen LogP contribution >= 0.6 is 0 Å². The van der Waals surface area contributed by atoms with Crippen LogP contribution in [0.3, 0.4) is 0 Å². The third kappa shape index (κ3) is 3.55. The minimum atomic E-state index is -1.12. The van der Waals surface area contributed by atoms with Gasteiger partial charge in [0.05, 0.1) is 33.3 Å². The highest BCUT2D eigenvalue weighted by atomic mass is 16.4. The van der Waals surface area contributed by atoms with Gasteiger partial charge in [-0.05, 0) is 18.4 Å². The summed E-state index contributed by atoms with van der Waals surface area (Å²) in [6.07, 6.45) is 8.24. The van der Waals surface area contributed by atoms with Crippen LogP contribution in [0.4, 0.5) is 0 Å². The first-order valence-corrected chi connectivity index (χ1v) is 9.13. The van der Waals surface area contributed by atoms with E-state index in [9.17, 15) is 5.11 Å². The first kappa shape index (κ1) is 17.2. The van der Waals surface area contributed by atoms with Crippen LogP contribution in [0.1, 0.15) is 49.3 Å². The van der Waals surface area contributed by atoms with Crippen molar-refractivity contribution in [3.8, 4) is 0 Å². The second kappa shape index (κ2) is 7.49. The fraction of sp³-hybridized carbons (Fsp3) is 0.550. The number of hydrogen-bond donors (Lipinski definition) is 2. The van der Waals surface area contributed by atoms with Crippen LogP contribution in [0.25, 0.3) is 0 Å². The molecule has 0 bridgehead atoms. The summed E-state index contributed by atoms with van der Waals surface area (Å²) in [5, 5.41) is 11.7. The molecule has 3 rings (SSSR count). The van der Waals surface area contributed by atoms with Crippen LogP contribution in [-0.2, 0) is 12.0 Å². The van der Waals surface area contributed by atoms with Gasteiger partial charge < -0.3 is 14.4 Å². The van der Waals surface area contributed by atoms with E-state index in [1.54, 1.807) is 6.20 Å². The summed E-state index contributed by atoms with van der Waals surface area (Å²) in [5.74, 6) is 1.49. The Morgan fingerprint density at radius 3 is 2.54 bits per heavy atom. The number of hydrogen-bond acceptors (Lipinski definition) is 3. The van der Waals surface area contributed by atoms with Gasteiger partial charge in [0, 0.05) is 5.92 Å². The van der Waals surface area contributed by atoms with E-state index in [4.69, 9.17) is 4.42 Å². The Balaban J connectivity index is 1.93. The Morgan fingerprint density at radius 2 is 1.88 bits per heavy atom. The van der Waals surface area contributed by atoms with Crippen molar-refractivity contribution in [1.29, 1.82) is 0 Å². The normalized spacial score (nSPS) is 18.7. The van der Waals surface area contributed by atoms with Gasteiger partial charge in [-0.15, -0.1) is 0 Å². The van der Waals surface area contributed by atoms with E-state index < -0.39 is 5.60 Å². The molecule has 24 heavy (non-hydrogen) atoms. The van der Waals surface area contributed by atoms with Crippen molar-refractivity contribution in [2.24, 2.45) is 5.92 Å². The molecule has 1 aliphatic rings. The predicted octanol–water partition coefficient (Wildman–Crippen LogP) is 2.18. The molecule has 1 heterocycles. The summed E-state index contributed by atoms with van der Waals surface area (Å²) in [5.41, 5.74) is -0.228. The summed E-state index contributed by atoms with van der Waals surface area (Å²) >= 11 is 0. The monoisotopic (exact) mass is 329 g/mol. The molecule has 1 atom stereocenters. The molecule has 1 aliphatic carbocycles. The number of benzene rings is 1. The molecule has 0 aliphatic heterocycles. The minimum Gasteiger partial charge on any atom is -0.442 e. The average Bonchev–Trinajstić information content (AvgIpc) is 3.10. The molecule has 4 heteroatoms. The summed E-state index contributed by atoms with van der Waals surface area (Å²) in [4.78, 5) is 5.87. The van der Waals surface area contributed by atoms with Crippen molar-refractivity contribution in [1.82, 2.24) is 4.98 Å². The highest BCUT2D eigenvalue weighted by Crippen LogP contribution is 2.43. The zero-order chi connectivity index (χ0) is 17.0. The van der Waals surface area contributed by atoms with Crippen molar-refractivity contribution in [3.05, 3.63) is 53.7 Å². The molecule has 0 radical (unpaired) electrons. The average molecular weight is 329 g/mol. The van der Waals surface area contributed by atoms with Crippen LogP contribution in [0.15, 0.2) is 40.9 Å². The summed E-state index contributed by atoms with van der Waals surface area (Å²) in [7, 11) is 4.25. The number of aliphatic hydroxyl groups is 1. The Bertz CT molecular complexity index is 632. The van der Waals surface area contributed by atoms with Gasteiger partial charge in [0.1, 0.15) is 5.76 Å². The van der Waals surface area contributed by atoms with Gasteiger partial charge in [-0.2, -0.15) is 0 Å². The smallest absolute Gasteiger partial charge is 0.231 e. The van der Waals surface area contributed by atoms with Gasteiger partial charge in [-0.1, -0.05) is 49.6 Å². The quantitative estimate of drug-likeness (QED) is 0.854. The number of quaternary nitrogens is 1. The maximum absolute atomic E-state index is 11.7. The van der Waals surface area contributed by atoms with Crippen molar-refractivity contribution >= 4 is 0 Å². The number of aromatic nitrogens is 1. The van der Waals surface area contributed by atoms with Gasteiger partial charge in [-0.25, -0.2) is 4.98 Å². The predicted molar refractivity (Wildman–Crippen MR) is 93.9 cm³/mol. The van der Waals surface area contributed by atoms with E-state index in [1.807, 2.05) is 30.3 Å². The molecule has 0 spiro atoms. The molecule has 0 saturated heterocycles. The van der Waals surface area contributed by atoms with Gasteiger partial charge in [0.15, 0.2) is 5.60 Å². The molecule has 1 aromatic carbocycles. The Labute approximate surface area is 144 Å². The lowest BCUT2D eigenvalue weighted by Gasteiger charge is -2.36. The second-order valence-corrected chi connectivity index (χ2v) is 7.31. The van der Waals surface area contributed by atoms with E-state index in [2.05, 4.69) is 19.1 Å². The van der Waals surface area contributed by atoms with Crippen LogP contribution in [-0.4, -0.2) is 30.7 Å². The molecular formula is C20H29N2O2+. The van der Waals surface area contributed by atoms with Crippen LogP contribution in [0.2, 0.25) is 0 Å². The molecule has 1 fully saturated rings. The fourth-order valence-electron chi connectivity index (χ4n) is 3.72. The van der Waals surface area contributed by atoms with Crippen LogP contribution in [0.5, 0.6) is 0 Å². The standard InChI is InChI=1S/C20H28N2O2/c1-22(2)14-13-18-15-21-19(24-18)20(23,16-9-5-3-6-10-16)17-11-7-4-8-12-17/h3,5-6,9-10,15,17,23H,4,7-8,11-14H2,1-2H3/p+1. The van der Waals surface area contributed by atoms with Gasteiger partial charge >= 0.3 is 0 Å². The lowest BCUT2D eigenvalue weighted by Crippen LogP contribution is -3.05. The van der Waals surface area contributed by atoms with Gasteiger partial charge in [0.2, 0.25) is 5.89 Å². The topological polar surface area (TPSA) is 50.7 Å². The van der Waals surface area contributed by atoms with E-state index in [1.165, 1.54) is 11.3 Å². The molecule has 1 saturated carbocycles. The van der Waals surface area contributed by atoms with Gasteiger partial charge in [-0.3, -0.25) is 0 Å². The molecule has 4 nitrogen and oxygen atoms in total. The molecule has 1 unspecified atom stereocenters. The summed E-state index contributed by atoms with van der Waals surface area (Å²) < 4.78 is 6.03. The molecule has 2 N–H and O–H groups in total. The van der Waals surface area contributed by atoms with Crippen LogP contribution in [0, 0.1) is 5.92 Å². The summed E-state index contributed by atoms with van der Waals surface area (Å²) in [6.45, 7) is 0.988. The van der Waals surface area contributed by atoms with E-state index >= 15 is 0 Å². The maximum atomic E-state index is 11.7. The zero-order valence-electron chi connectivity index (χ0n) is 14.8. The van der Waals surface area contributed by atoms with Crippen molar-refractivity contribution in [2.45, 2.75) is 44.1 Å². The zero-order valence-corrected chi connectivity index (χ0v) is 14.8. The number of oxazole rings is 1. The first-order valence-electron chi connectivity index (χ1n) is 9.13. The minimum absolute atomic E-state index is 0.166. The van der Waals surface area contributed by atoms with Crippen molar-refractivity contribution in [2.75, 3.05) is 20.6 Å². The molecular weight excluding hydrogens is 300 g/mol. The maximum Gasteiger partial charge on any atom is 0.231 e. The van der Waals surface area contributed by atoms with Crippen molar-refractivity contribution in [3.63, 3.8) is 0 Å². The highest BCUT2D eigenvalue weighted by molar-refractivity contribution is 5.30. The number of nitrogens with one attached hydrogen (secondary N) is 1. The Morgan fingerprint density at radius 1 is 1.17 bits per heavy atom. The SMILES string of the molecule is C[NH+](C)CCc1cnc(C(O)(c2ccccc2)C2CCCCC2)o1. The number of rotatable bonds is 6. The molecule has 0 amide bonds. The fourth-order valence-corrected chi connectivity index (χ4v) is 3.72. The third-order valence-corrected chi connectivity index (χ3v) is 5.16. The molecule has 2 aromatic rings. The Kier molecular flexibility index (Phi) is 5.36. The first-order chi connectivity index (χ1) is 11.6. The lowest BCUT2D eigenvalue weighted by atomic mass is 9.73. The van der Waals surface area contributed by atoms with E-state index in [-0.39, 0.29) is 5.92 Å². The summed E-state index contributed by atoms with van der Waals surface area (Å²) in [6, 6.07) is 9.90. The van der Waals surface area contributed by atoms with E-state index in [0.29, 0.717) is 5.89 Å². The number of likely N-dealkylation sites (N-methyl/N-ethyl adjacent to an activating group) is 1. The second-order valence-electron chi connectivity index (χ2n) is 7.31. The van der Waals surface area contributed by atoms with Crippen molar-refractivity contribution < 1.29 is 14.4 Å². The largest absolute Gasteiger partial charge is 0.442 e. The highest BCUT2D eigenvalue weighted by Gasteiger charge is 2.44. The van der Waals surface area contributed by atoms with E-state index in [0.717, 1.165) is 50.0 Å². The molecule has 1 aromatic heterocycles. The van der Waals surface area contributed by atoms with Gasteiger partial charge in [0.25, 0.3) is 0 Å². The third-order valence-electron chi connectivity index (χ3n) is 5.16.